The Morgan fingerprint density at radius 3 is 2.85 bits per heavy atom. The Balaban J connectivity index is 1.70. The highest BCUT2D eigenvalue weighted by Crippen LogP contribution is 2.23. The molecule has 2 fully saturated rings. The highest BCUT2D eigenvalue weighted by atomic mass is 16.7. The zero-order valence-electron chi connectivity index (χ0n) is 7.65. The molecule has 0 aromatic heterocycles. The predicted octanol–water partition coefficient (Wildman–Crippen LogP) is 0.147. The smallest absolute Gasteiger partial charge is 0.158 e. The highest BCUT2D eigenvalue weighted by molar-refractivity contribution is 4.70. The van der Waals surface area contributed by atoms with Crippen LogP contribution < -0.4 is 0 Å². The lowest BCUT2D eigenvalue weighted by Crippen LogP contribution is -2.18. The van der Waals surface area contributed by atoms with Gasteiger partial charge in [0.15, 0.2) is 6.29 Å². The van der Waals surface area contributed by atoms with Crippen molar-refractivity contribution in [2.45, 2.75) is 25.2 Å². The molecule has 4 heteroatoms. The normalized spacial score (nSPS) is 39.9. The number of ether oxygens (including phenoxy) is 3. The Morgan fingerprint density at radius 1 is 1.31 bits per heavy atom. The molecule has 2 rings (SSSR count). The minimum Gasteiger partial charge on any atom is -0.394 e. The quantitative estimate of drug-likeness (QED) is 0.684. The van der Waals surface area contributed by atoms with Crippen LogP contribution in [0, 0.1) is 5.92 Å². The lowest BCUT2D eigenvalue weighted by molar-refractivity contribution is -0.0779. The van der Waals surface area contributed by atoms with Crippen molar-refractivity contribution in [3.63, 3.8) is 0 Å². The summed E-state index contributed by atoms with van der Waals surface area (Å²) in [5.74, 6) is 0.572. The number of aliphatic hydroxyl groups is 1. The van der Waals surface area contributed by atoms with Crippen LogP contribution in [0.25, 0.3) is 0 Å². The fraction of sp³-hybridized carbons (Fsp3) is 1.00. The summed E-state index contributed by atoms with van der Waals surface area (Å²) in [5.41, 5.74) is 0. The van der Waals surface area contributed by atoms with E-state index in [9.17, 15) is 0 Å². The van der Waals surface area contributed by atoms with Crippen molar-refractivity contribution in [2.75, 3.05) is 26.4 Å². The molecule has 0 aromatic carbocycles. The van der Waals surface area contributed by atoms with Crippen LogP contribution in [0.1, 0.15) is 12.8 Å². The average molecular weight is 188 g/mol. The zero-order valence-corrected chi connectivity index (χ0v) is 7.65. The van der Waals surface area contributed by atoms with Gasteiger partial charge >= 0.3 is 0 Å². The third-order valence-electron chi connectivity index (χ3n) is 2.57. The van der Waals surface area contributed by atoms with Crippen molar-refractivity contribution in [1.82, 2.24) is 0 Å². The first kappa shape index (κ1) is 9.40. The Morgan fingerprint density at radius 2 is 2.23 bits per heavy atom. The average Bonchev–Trinajstić information content (AvgIpc) is 2.76. The highest BCUT2D eigenvalue weighted by Gasteiger charge is 2.29. The molecular weight excluding hydrogens is 172 g/mol. The minimum absolute atomic E-state index is 0.0532. The summed E-state index contributed by atoms with van der Waals surface area (Å²) < 4.78 is 16.1. The van der Waals surface area contributed by atoms with Gasteiger partial charge in [0.05, 0.1) is 13.2 Å². The number of hydrogen-bond donors (Lipinski definition) is 1. The van der Waals surface area contributed by atoms with E-state index in [4.69, 9.17) is 19.3 Å². The van der Waals surface area contributed by atoms with E-state index in [2.05, 4.69) is 0 Å². The first-order valence-corrected chi connectivity index (χ1v) is 4.84. The Bertz CT molecular complexity index is 156. The van der Waals surface area contributed by atoms with Gasteiger partial charge in [-0.3, -0.25) is 0 Å². The molecule has 2 aliphatic rings. The van der Waals surface area contributed by atoms with Crippen molar-refractivity contribution in [1.29, 1.82) is 0 Å². The van der Waals surface area contributed by atoms with E-state index in [-0.39, 0.29) is 19.0 Å². The summed E-state index contributed by atoms with van der Waals surface area (Å²) in [6.45, 7) is 2.26. The molecule has 1 N–H and O–H groups in total. The molecule has 2 heterocycles. The van der Waals surface area contributed by atoms with Gasteiger partial charge in [0.2, 0.25) is 0 Å². The lowest BCUT2D eigenvalue weighted by atomic mass is 10.1. The molecule has 0 saturated carbocycles. The van der Waals surface area contributed by atoms with Crippen LogP contribution in [0.15, 0.2) is 0 Å². The van der Waals surface area contributed by atoms with Gasteiger partial charge in [0, 0.05) is 19.6 Å². The van der Waals surface area contributed by atoms with Crippen LogP contribution in [0.4, 0.5) is 0 Å². The van der Waals surface area contributed by atoms with Crippen LogP contribution >= 0.6 is 0 Å². The molecule has 2 saturated heterocycles. The maximum Gasteiger partial charge on any atom is 0.158 e. The molecule has 13 heavy (non-hydrogen) atoms. The van der Waals surface area contributed by atoms with E-state index < -0.39 is 0 Å². The van der Waals surface area contributed by atoms with Crippen LogP contribution in [0.5, 0.6) is 0 Å². The summed E-state index contributed by atoms with van der Waals surface area (Å²) in [5, 5.41) is 8.81. The third kappa shape index (κ3) is 2.40. The van der Waals surface area contributed by atoms with Gasteiger partial charge in [-0.25, -0.2) is 0 Å². The van der Waals surface area contributed by atoms with Gasteiger partial charge in [0.1, 0.15) is 6.10 Å². The second-order valence-electron chi connectivity index (χ2n) is 3.67. The predicted molar refractivity (Wildman–Crippen MR) is 45.2 cm³/mol. The van der Waals surface area contributed by atoms with E-state index in [1.54, 1.807) is 0 Å². The molecule has 2 aliphatic heterocycles. The van der Waals surface area contributed by atoms with E-state index in [1.165, 1.54) is 0 Å². The van der Waals surface area contributed by atoms with Crippen LogP contribution in [-0.2, 0) is 14.2 Å². The number of hydrogen-bond acceptors (Lipinski definition) is 4. The van der Waals surface area contributed by atoms with Gasteiger partial charge in [-0.2, -0.15) is 0 Å². The van der Waals surface area contributed by atoms with Gasteiger partial charge < -0.3 is 19.3 Å². The topological polar surface area (TPSA) is 47.9 Å². The second kappa shape index (κ2) is 4.37. The molecule has 0 aliphatic carbocycles. The van der Waals surface area contributed by atoms with E-state index >= 15 is 0 Å². The SMILES string of the molecule is OCC1COC(CC2CCOC2)O1. The molecule has 0 amide bonds. The fourth-order valence-electron chi connectivity index (χ4n) is 1.77. The third-order valence-corrected chi connectivity index (χ3v) is 2.57. The second-order valence-corrected chi connectivity index (χ2v) is 3.67. The summed E-state index contributed by atoms with van der Waals surface area (Å²) in [4.78, 5) is 0. The summed E-state index contributed by atoms with van der Waals surface area (Å²) in [7, 11) is 0. The molecule has 0 spiro atoms. The number of aliphatic hydroxyl groups excluding tert-OH is 1. The summed E-state index contributed by atoms with van der Waals surface area (Å²) >= 11 is 0. The Labute approximate surface area is 77.8 Å². The van der Waals surface area contributed by atoms with Crippen LogP contribution in [-0.4, -0.2) is 43.9 Å². The molecule has 3 unspecified atom stereocenters. The van der Waals surface area contributed by atoms with E-state index in [1.807, 2.05) is 0 Å². The standard InChI is InChI=1S/C9H16O4/c10-4-8-6-12-9(13-8)3-7-1-2-11-5-7/h7-10H,1-6H2. The zero-order chi connectivity index (χ0) is 9.10. The molecular formula is C9H16O4. The molecule has 0 aromatic rings. The van der Waals surface area contributed by atoms with Crippen molar-refractivity contribution < 1.29 is 19.3 Å². The summed E-state index contributed by atoms with van der Waals surface area (Å²) in [6.07, 6.45) is 1.76. The minimum atomic E-state index is -0.121. The van der Waals surface area contributed by atoms with E-state index in [0.29, 0.717) is 12.5 Å². The fourth-order valence-corrected chi connectivity index (χ4v) is 1.77. The maximum atomic E-state index is 8.81. The molecule has 0 radical (unpaired) electrons. The first-order chi connectivity index (χ1) is 6.38. The molecule has 76 valence electrons. The van der Waals surface area contributed by atoms with Gasteiger partial charge in [-0.15, -0.1) is 0 Å². The lowest BCUT2D eigenvalue weighted by Gasteiger charge is -2.13. The van der Waals surface area contributed by atoms with Gasteiger partial charge in [-0.05, 0) is 12.3 Å². The molecule has 4 nitrogen and oxygen atoms in total. The Kier molecular flexibility index (Phi) is 3.16. The number of rotatable bonds is 3. The summed E-state index contributed by atoms with van der Waals surface area (Å²) in [6, 6.07) is 0. The van der Waals surface area contributed by atoms with Crippen molar-refractivity contribution >= 4 is 0 Å². The van der Waals surface area contributed by atoms with Crippen molar-refractivity contribution in [2.24, 2.45) is 5.92 Å². The van der Waals surface area contributed by atoms with Gasteiger partial charge in [0.25, 0.3) is 0 Å². The van der Waals surface area contributed by atoms with E-state index in [0.717, 1.165) is 26.1 Å². The largest absolute Gasteiger partial charge is 0.394 e. The Hall–Kier alpha value is -0.160. The maximum absolute atomic E-state index is 8.81. The molecule has 0 bridgehead atoms. The van der Waals surface area contributed by atoms with Crippen LogP contribution in [0.2, 0.25) is 0 Å². The van der Waals surface area contributed by atoms with Crippen LogP contribution in [0.3, 0.4) is 0 Å². The first-order valence-electron chi connectivity index (χ1n) is 4.84. The van der Waals surface area contributed by atoms with Crippen molar-refractivity contribution in [3.8, 4) is 0 Å². The molecule has 3 atom stereocenters. The van der Waals surface area contributed by atoms with Gasteiger partial charge in [-0.1, -0.05) is 0 Å². The van der Waals surface area contributed by atoms with Crippen molar-refractivity contribution in [3.05, 3.63) is 0 Å². The monoisotopic (exact) mass is 188 g/mol.